The molecular formula is C20H31N2+. The summed E-state index contributed by atoms with van der Waals surface area (Å²) >= 11 is 0. The van der Waals surface area contributed by atoms with E-state index in [0.717, 1.165) is 0 Å². The Kier molecular flexibility index (Phi) is 4.51. The van der Waals surface area contributed by atoms with Crippen LogP contribution in [0, 0.1) is 13.8 Å². The highest BCUT2D eigenvalue weighted by molar-refractivity contribution is 5.46. The van der Waals surface area contributed by atoms with Crippen molar-refractivity contribution in [3.8, 4) is 0 Å². The molecular weight excluding hydrogens is 268 g/mol. The van der Waals surface area contributed by atoms with E-state index in [0.29, 0.717) is 12.1 Å². The van der Waals surface area contributed by atoms with E-state index < -0.39 is 0 Å². The van der Waals surface area contributed by atoms with Crippen LogP contribution in [0.2, 0.25) is 0 Å². The maximum atomic E-state index is 4.37. The lowest BCUT2D eigenvalue weighted by molar-refractivity contribution is -0.728. The van der Waals surface area contributed by atoms with Crippen molar-refractivity contribution >= 4 is 0 Å². The summed E-state index contributed by atoms with van der Waals surface area (Å²) in [7, 11) is 0. The molecule has 0 aromatic carbocycles. The topological polar surface area (TPSA) is 8.81 Å². The van der Waals surface area contributed by atoms with Crippen LogP contribution in [0.4, 0.5) is 0 Å². The van der Waals surface area contributed by atoms with Crippen LogP contribution in [0.15, 0.2) is 35.5 Å². The molecule has 1 aliphatic rings. The molecule has 0 fully saturated rings. The van der Waals surface area contributed by atoms with Crippen LogP contribution in [-0.2, 0) is 0 Å². The Morgan fingerprint density at radius 2 is 1.64 bits per heavy atom. The van der Waals surface area contributed by atoms with Crippen molar-refractivity contribution in [1.29, 1.82) is 0 Å². The van der Waals surface area contributed by atoms with Crippen molar-refractivity contribution < 1.29 is 4.57 Å². The van der Waals surface area contributed by atoms with Crippen LogP contribution in [0.1, 0.15) is 76.8 Å². The second-order valence-corrected chi connectivity index (χ2v) is 7.24. The second-order valence-electron chi connectivity index (χ2n) is 7.24. The van der Waals surface area contributed by atoms with E-state index in [1.165, 1.54) is 33.9 Å². The van der Waals surface area contributed by atoms with Gasteiger partial charge in [0.15, 0.2) is 0 Å². The highest BCUT2D eigenvalue weighted by Gasteiger charge is 2.37. The van der Waals surface area contributed by atoms with Gasteiger partial charge in [-0.1, -0.05) is 29.9 Å². The number of rotatable bonds is 3. The minimum atomic E-state index is 0.279. The Labute approximate surface area is 135 Å². The average Bonchev–Trinajstić information content (AvgIpc) is 2.60. The molecule has 0 amide bonds. The van der Waals surface area contributed by atoms with E-state index in [-0.39, 0.29) is 5.92 Å². The zero-order valence-corrected chi connectivity index (χ0v) is 15.5. The summed E-state index contributed by atoms with van der Waals surface area (Å²) in [5.41, 5.74) is 6.62. The van der Waals surface area contributed by atoms with Gasteiger partial charge < -0.3 is 0 Å². The molecule has 0 radical (unpaired) electrons. The zero-order chi connectivity index (χ0) is 16.8. The number of allylic oxidation sites excluding steroid dienone is 5. The van der Waals surface area contributed by atoms with Gasteiger partial charge in [-0.3, -0.25) is 0 Å². The molecule has 1 heterocycles. The Morgan fingerprint density at radius 1 is 1.05 bits per heavy atom. The van der Waals surface area contributed by atoms with Crippen LogP contribution in [-0.4, -0.2) is 4.57 Å². The zero-order valence-electron chi connectivity index (χ0n) is 15.5. The standard InChI is InChI=1S/C20H31N2/c1-12(2)21-17(8)18(9)22(13(3)4)20(21)19-15(6)10-14(5)11-16(19)7/h10-13,19H,6H2,1-5,7-9H3/q+1. The number of hydrogen-bond donors (Lipinski definition) is 0. The minimum absolute atomic E-state index is 0.279. The van der Waals surface area contributed by atoms with Crippen molar-refractivity contribution in [2.24, 2.45) is 0 Å². The van der Waals surface area contributed by atoms with Gasteiger partial charge in [0.25, 0.3) is 5.82 Å². The molecule has 0 spiro atoms. The fourth-order valence-electron chi connectivity index (χ4n) is 3.91. The molecule has 0 saturated carbocycles. The summed E-state index contributed by atoms with van der Waals surface area (Å²) in [4.78, 5) is 0. The lowest BCUT2D eigenvalue weighted by Gasteiger charge is -2.23. The third-order valence-corrected chi connectivity index (χ3v) is 4.73. The minimum Gasteiger partial charge on any atom is -0.228 e. The van der Waals surface area contributed by atoms with E-state index in [1.54, 1.807) is 0 Å². The largest absolute Gasteiger partial charge is 0.269 e. The van der Waals surface area contributed by atoms with E-state index in [1.807, 2.05) is 0 Å². The quantitative estimate of drug-likeness (QED) is 0.687. The number of nitrogens with zero attached hydrogens (tertiary/aromatic N) is 2. The molecule has 1 aliphatic carbocycles. The Bertz CT molecular complexity index is 635. The Morgan fingerprint density at radius 3 is 2.09 bits per heavy atom. The Balaban J connectivity index is 2.77. The van der Waals surface area contributed by atoms with Crippen molar-refractivity contribution in [1.82, 2.24) is 4.57 Å². The van der Waals surface area contributed by atoms with Crippen LogP contribution >= 0.6 is 0 Å². The predicted molar refractivity (Wildman–Crippen MR) is 94.3 cm³/mol. The van der Waals surface area contributed by atoms with Gasteiger partial charge in [-0.05, 0) is 47.1 Å². The fraction of sp³-hybridized carbons (Fsp3) is 0.550. The summed E-state index contributed by atoms with van der Waals surface area (Å²) in [5, 5.41) is 0. The highest BCUT2D eigenvalue weighted by atomic mass is 15.2. The monoisotopic (exact) mass is 299 g/mol. The van der Waals surface area contributed by atoms with E-state index >= 15 is 0 Å². The van der Waals surface area contributed by atoms with Crippen molar-refractivity contribution in [2.75, 3.05) is 0 Å². The van der Waals surface area contributed by atoms with E-state index in [2.05, 4.69) is 83.3 Å². The summed E-state index contributed by atoms with van der Waals surface area (Å²) in [6.45, 7) is 22.3. The Hall–Kier alpha value is -1.57. The molecule has 2 heteroatoms. The summed E-state index contributed by atoms with van der Waals surface area (Å²) in [6.07, 6.45) is 4.52. The lowest BCUT2D eigenvalue weighted by Crippen LogP contribution is -2.44. The van der Waals surface area contributed by atoms with Gasteiger partial charge in [-0.2, -0.15) is 0 Å². The van der Waals surface area contributed by atoms with Crippen LogP contribution in [0.5, 0.6) is 0 Å². The fourth-order valence-corrected chi connectivity index (χ4v) is 3.91. The molecule has 1 aromatic rings. The molecule has 1 unspecified atom stereocenters. The molecule has 22 heavy (non-hydrogen) atoms. The number of aromatic nitrogens is 2. The summed E-state index contributed by atoms with van der Waals surface area (Å²) in [5.74, 6) is 1.66. The van der Waals surface area contributed by atoms with Gasteiger partial charge in [-0.25, -0.2) is 9.13 Å². The first-order valence-corrected chi connectivity index (χ1v) is 8.34. The van der Waals surface area contributed by atoms with Gasteiger partial charge in [0.05, 0.1) is 12.1 Å². The molecule has 0 bridgehead atoms. The van der Waals surface area contributed by atoms with E-state index in [9.17, 15) is 0 Å². The second kappa shape index (κ2) is 5.91. The first-order chi connectivity index (χ1) is 10.2. The lowest BCUT2D eigenvalue weighted by atomic mass is 9.85. The molecule has 0 N–H and O–H groups in total. The van der Waals surface area contributed by atoms with Gasteiger partial charge in [0.1, 0.15) is 17.3 Å². The molecule has 1 atom stereocenters. The van der Waals surface area contributed by atoms with E-state index in [4.69, 9.17) is 0 Å². The molecule has 0 aliphatic heterocycles. The first kappa shape index (κ1) is 16.8. The van der Waals surface area contributed by atoms with Gasteiger partial charge in [0, 0.05) is 13.8 Å². The smallest absolute Gasteiger partial charge is 0.228 e. The average molecular weight is 299 g/mol. The number of hydrogen-bond acceptors (Lipinski definition) is 0. The van der Waals surface area contributed by atoms with Crippen LogP contribution in [0.25, 0.3) is 0 Å². The van der Waals surface area contributed by atoms with Crippen LogP contribution < -0.4 is 4.57 Å². The molecule has 0 saturated heterocycles. The maximum absolute atomic E-state index is 4.37. The summed E-state index contributed by atoms with van der Waals surface area (Å²) in [6, 6.07) is 0.891. The molecule has 1 aromatic heterocycles. The normalized spacial score (nSPS) is 19.0. The van der Waals surface area contributed by atoms with Crippen LogP contribution in [0.3, 0.4) is 0 Å². The van der Waals surface area contributed by atoms with Gasteiger partial charge in [0.2, 0.25) is 0 Å². The third kappa shape index (κ3) is 2.60. The third-order valence-electron chi connectivity index (χ3n) is 4.73. The predicted octanol–water partition coefficient (Wildman–Crippen LogP) is 5.10. The number of imidazole rings is 1. The molecule has 120 valence electrons. The summed E-state index contributed by atoms with van der Waals surface area (Å²) < 4.78 is 4.99. The first-order valence-electron chi connectivity index (χ1n) is 8.34. The van der Waals surface area contributed by atoms with Gasteiger partial charge >= 0.3 is 0 Å². The SMILES string of the molecule is C=C1C=C(C)C=C(C)C1c1n(C(C)C)c(C)c(C)[n+]1C(C)C. The van der Waals surface area contributed by atoms with Gasteiger partial charge in [-0.15, -0.1) is 0 Å². The van der Waals surface area contributed by atoms with Crippen molar-refractivity contribution in [2.45, 2.75) is 73.4 Å². The van der Waals surface area contributed by atoms with Crippen molar-refractivity contribution in [3.63, 3.8) is 0 Å². The molecule has 2 rings (SSSR count). The van der Waals surface area contributed by atoms with Crippen molar-refractivity contribution in [3.05, 3.63) is 52.7 Å². The maximum Gasteiger partial charge on any atom is 0.269 e. The highest BCUT2D eigenvalue weighted by Crippen LogP contribution is 2.37. The molecule has 2 nitrogen and oxygen atoms in total.